The van der Waals surface area contributed by atoms with Gasteiger partial charge in [-0.25, -0.2) is 4.79 Å². The fourth-order valence-electron chi connectivity index (χ4n) is 2.99. The SMILES string of the molecule is CC/C=C\CC1C(=O)CCC1CC(=O)N[C@@H](CCC(N)=O)C(=O)O. The predicted molar refractivity (Wildman–Crippen MR) is 87.9 cm³/mol. The zero-order valence-corrected chi connectivity index (χ0v) is 14.0. The van der Waals surface area contributed by atoms with E-state index in [1.807, 2.05) is 19.1 Å². The lowest BCUT2D eigenvalue weighted by molar-refractivity contribution is -0.142. The number of ketones is 1. The highest BCUT2D eigenvalue weighted by Gasteiger charge is 2.35. The molecule has 0 aromatic rings. The van der Waals surface area contributed by atoms with Crippen molar-refractivity contribution < 1.29 is 24.3 Å². The molecule has 1 aliphatic carbocycles. The molecule has 0 spiro atoms. The van der Waals surface area contributed by atoms with E-state index in [1.165, 1.54) is 0 Å². The van der Waals surface area contributed by atoms with Crippen LogP contribution in [0.2, 0.25) is 0 Å². The highest BCUT2D eigenvalue weighted by atomic mass is 16.4. The molecule has 1 fully saturated rings. The number of amides is 2. The van der Waals surface area contributed by atoms with Gasteiger partial charge >= 0.3 is 5.97 Å². The summed E-state index contributed by atoms with van der Waals surface area (Å²) in [6, 6.07) is -1.14. The monoisotopic (exact) mass is 338 g/mol. The van der Waals surface area contributed by atoms with E-state index in [0.717, 1.165) is 6.42 Å². The van der Waals surface area contributed by atoms with Crippen LogP contribution in [0.3, 0.4) is 0 Å². The molecule has 24 heavy (non-hydrogen) atoms. The molecule has 0 radical (unpaired) electrons. The number of carboxylic acids is 1. The lowest BCUT2D eigenvalue weighted by Crippen LogP contribution is -2.42. The minimum absolute atomic E-state index is 0.0390. The highest BCUT2D eigenvalue weighted by Crippen LogP contribution is 2.34. The molecule has 7 heteroatoms. The molecule has 0 saturated heterocycles. The lowest BCUT2D eigenvalue weighted by Gasteiger charge is -2.19. The summed E-state index contributed by atoms with van der Waals surface area (Å²) in [5.41, 5.74) is 5.01. The molecule has 134 valence electrons. The normalized spacial score (nSPS) is 21.8. The van der Waals surface area contributed by atoms with Gasteiger partial charge in [0.2, 0.25) is 11.8 Å². The first-order valence-corrected chi connectivity index (χ1v) is 8.33. The van der Waals surface area contributed by atoms with Crippen LogP contribution in [0.25, 0.3) is 0 Å². The summed E-state index contributed by atoms with van der Waals surface area (Å²) in [5, 5.41) is 11.5. The van der Waals surface area contributed by atoms with E-state index in [0.29, 0.717) is 19.3 Å². The van der Waals surface area contributed by atoms with Gasteiger partial charge in [-0.15, -0.1) is 0 Å². The van der Waals surface area contributed by atoms with Crippen molar-refractivity contribution in [2.45, 2.75) is 57.9 Å². The van der Waals surface area contributed by atoms with Crippen molar-refractivity contribution in [2.24, 2.45) is 17.6 Å². The number of aliphatic carboxylic acids is 1. The summed E-state index contributed by atoms with van der Waals surface area (Å²) in [7, 11) is 0. The van der Waals surface area contributed by atoms with Gasteiger partial charge in [0.05, 0.1) is 0 Å². The van der Waals surface area contributed by atoms with Crippen LogP contribution < -0.4 is 11.1 Å². The molecule has 0 aliphatic heterocycles. The Labute approximate surface area is 141 Å². The Morgan fingerprint density at radius 1 is 1.38 bits per heavy atom. The van der Waals surface area contributed by atoms with Gasteiger partial charge in [0.15, 0.2) is 0 Å². The van der Waals surface area contributed by atoms with E-state index in [-0.39, 0.29) is 36.9 Å². The number of hydrogen-bond donors (Lipinski definition) is 3. The van der Waals surface area contributed by atoms with Crippen LogP contribution in [0.5, 0.6) is 0 Å². The second-order valence-electron chi connectivity index (χ2n) is 6.15. The summed E-state index contributed by atoms with van der Waals surface area (Å²) in [5.74, 6) is -2.29. The minimum atomic E-state index is -1.20. The molecule has 2 amide bonds. The number of carbonyl (C=O) groups is 4. The molecule has 0 bridgehead atoms. The van der Waals surface area contributed by atoms with Gasteiger partial charge in [-0.2, -0.15) is 0 Å². The summed E-state index contributed by atoms with van der Waals surface area (Å²) in [6.45, 7) is 2.01. The van der Waals surface area contributed by atoms with Crippen LogP contribution in [-0.2, 0) is 19.2 Å². The van der Waals surface area contributed by atoms with E-state index < -0.39 is 23.8 Å². The molecule has 2 unspecified atom stereocenters. The number of allylic oxidation sites excluding steroid dienone is 2. The van der Waals surface area contributed by atoms with E-state index >= 15 is 0 Å². The van der Waals surface area contributed by atoms with E-state index in [9.17, 15) is 19.2 Å². The van der Waals surface area contributed by atoms with Crippen LogP contribution in [0.1, 0.15) is 51.9 Å². The smallest absolute Gasteiger partial charge is 0.326 e. The number of nitrogens with one attached hydrogen (secondary N) is 1. The molecular weight excluding hydrogens is 312 g/mol. The minimum Gasteiger partial charge on any atom is -0.480 e. The number of primary amides is 1. The third-order valence-electron chi connectivity index (χ3n) is 4.30. The number of carbonyl (C=O) groups excluding carboxylic acids is 3. The van der Waals surface area contributed by atoms with E-state index in [4.69, 9.17) is 10.8 Å². The standard InChI is InChI=1S/C17H26N2O5/c1-2-3-4-5-12-11(6-8-14(12)20)10-16(22)19-13(17(23)24)7-9-15(18)21/h3-4,11-13H,2,5-10H2,1H3,(H2,18,21)(H,19,22)(H,23,24)/b4-3-/t11?,12?,13-/m0/s1. The Kier molecular flexibility index (Phi) is 8.15. The van der Waals surface area contributed by atoms with Crippen molar-refractivity contribution in [3.05, 3.63) is 12.2 Å². The van der Waals surface area contributed by atoms with Crippen molar-refractivity contribution in [3.8, 4) is 0 Å². The molecule has 1 rings (SSSR count). The van der Waals surface area contributed by atoms with Crippen LogP contribution >= 0.6 is 0 Å². The van der Waals surface area contributed by atoms with Crippen LogP contribution in [-0.4, -0.2) is 34.7 Å². The Hall–Kier alpha value is -2.18. The Morgan fingerprint density at radius 2 is 2.08 bits per heavy atom. The molecule has 0 aromatic carbocycles. The molecule has 0 aromatic heterocycles. The molecule has 0 heterocycles. The van der Waals surface area contributed by atoms with E-state index in [2.05, 4.69) is 5.32 Å². The van der Waals surface area contributed by atoms with Crippen molar-refractivity contribution in [2.75, 3.05) is 0 Å². The molecule has 3 atom stereocenters. The average molecular weight is 338 g/mol. The number of nitrogens with two attached hydrogens (primary N) is 1. The van der Waals surface area contributed by atoms with Gasteiger partial charge in [0.1, 0.15) is 11.8 Å². The van der Waals surface area contributed by atoms with Gasteiger partial charge in [0, 0.05) is 25.2 Å². The average Bonchev–Trinajstić information content (AvgIpc) is 2.84. The molecule has 4 N–H and O–H groups in total. The van der Waals surface area contributed by atoms with E-state index in [1.54, 1.807) is 0 Å². The second kappa shape index (κ2) is 9.85. The second-order valence-corrected chi connectivity index (χ2v) is 6.15. The maximum atomic E-state index is 12.1. The number of hydrogen-bond acceptors (Lipinski definition) is 4. The number of carboxylic acid groups (broad SMARTS) is 1. The topological polar surface area (TPSA) is 127 Å². The first-order valence-electron chi connectivity index (χ1n) is 8.33. The summed E-state index contributed by atoms with van der Waals surface area (Å²) in [4.78, 5) is 46.0. The number of rotatable bonds is 10. The number of Topliss-reactive ketones (excluding diaryl/α,β-unsaturated/α-hetero) is 1. The van der Waals surface area contributed by atoms with Gasteiger partial charge < -0.3 is 16.2 Å². The molecule has 7 nitrogen and oxygen atoms in total. The zero-order valence-electron chi connectivity index (χ0n) is 14.0. The van der Waals surface area contributed by atoms with Gasteiger partial charge in [-0.3, -0.25) is 14.4 Å². The van der Waals surface area contributed by atoms with Gasteiger partial charge in [-0.1, -0.05) is 19.1 Å². The third-order valence-corrected chi connectivity index (χ3v) is 4.30. The quantitative estimate of drug-likeness (QED) is 0.515. The van der Waals surface area contributed by atoms with Gasteiger partial charge in [-0.05, 0) is 31.6 Å². The van der Waals surface area contributed by atoms with Crippen molar-refractivity contribution in [3.63, 3.8) is 0 Å². The van der Waals surface area contributed by atoms with Crippen molar-refractivity contribution >= 4 is 23.6 Å². The summed E-state index contributed by atoms with van der Waals surface area (Å²) < 4.78 is 0. The van der Waals surface area contributed by atoms with Crippen LogP contribution in [0.4, 0.5) is 0 Å². The maximum Gasteiger partial charge on any atom is 0.326 e. The molecule has 1 saturated carbocycles. The molecule has 1 aliphatic rings. The largest absolute Gasteiger partial charge is 0.480 e. The van der Waals surface area contributed by atoms with Crippen LogP contribution in [0.15, 0.2) is 12.2 Å². The van der Waals surface area contributed by atoms with Crippen molar-refractivity contribution in [1.29, 1.82) is 0 Å². The highest BCUT2D eigenvalue weighted by molar-refractivity contribution is 5.87. The van der Waals surface area contributed by atoms with Crippen molar-refractivity contribution in [1.82, 2.24) is 5.32 Å². The van der Waals surface area contributed by atoms with Gasteiger partial charge in [0.25, 0.3) is 0 Å². The Bertz CT molecular complexity index is 515. The third kappa shape index (κ3) is 6.52. The summed E-state index contributed by atoms with van der Waals surface area (Å²) in [6.07, 6.45) is 6.56. The lowest BCUT2D eigenvalue weighted by atomic mass is 9.89. The fraction of sp³-hybridized carbons (Fsp3) is 0.647. The molecular formula is C17H26N2O5. The zero-order chi connectivity index (χ0) is 18.1. The van der Waals surface area contributed by atoms with Crippen LogP contribution in [0, 0.1) is 11.8 Å². The Morgan fingerprint density at radius 3 is 2.67 bits per heavy atom. The maximum absolute atomic E-state index is 12.1. The fourth-order valence-corrected chi connectivity index (χ4v) is 2.99. The Balaban J connectivity index is 2.57. The first-order chi connectivity index (χ1) is 11.3. The summed E-state index contributed by atoms with van der Waals surface area (Å²) >= 11 is 0. The predicted octanol–water partition coefficient (Wildman–Crippen LogP) is 1.16. The first kappa shape index (κ1) is 19.9.